The number of hydrogen-bond donors (Lipinski definition) is 2. The third-order valence-electron chi connectivity index (χ3n) is 5.16. The molecule has 2 heterocycles. The number of carbonyl (C=O) groups is 2. The molecule has 0 aliphatic carbocycles. The maximum Gasteiger partial charge on any atom is 0.262 e. The highest BCUT2D eigenvalue weighted by Gasteiger charge is 2.30. The van der Waals surface area contributed by atoms with Crippen molar-refractivity contribution in [2.24, 2.45) is 0 Å². The standard InChI is InChI=1S/C22H27BrN4O2S2/c1-14-12-15(6-7-16(14)27-11-5-10-26(4)13-19(27)30)24-21(29)22(2,3)25-20(28)17-8-9-18(23)31-17/h6-9,12H,5,10-11,13H2,1-4H3,(H,24,29)(H,25,28). The van der Waals surface area contributed by atoms with Crippen LogP contribution in [-0.4, -0.2) is 53.9 Å². The molecular weight excluding hydrogens is 496 g/mol. The van der Waals surface area contributed by atoms with Crippen LogP contribution >= 0.6 is 39.5 Å². The molecule has 1 fully saturated rings. The van der Waals surface area contributed by atoms with E-state index in [9.17, 15) is 9.59 Å². The Balaban J connectivity index is 1.69. The monoisotopic (exact) mass is 522 g/mol. The Morgan fingerprint density at radius 1 is 1.19 bits per heavy atom. The van der Waals surface area contributed by atoms with Crippen LogP contribution in [0, 0.1) is 6.92 Å². The quantitative estimate of drug-likeness (QED) is 0.568. The third-order valence-corrected chi connectivity index (χ3v) is 7.14. The number of thiocarbonyl (C=S) groups is 1. The van der Waals surface area contributed by atoms with Gasteiger partial charge in [0.05, 0.1) is 13.7 Å². The van der Waals surface area contributed by atoms with Crippen molar-refractivity contribution < 1.29 is 9.59 Å². The SMILES string of the molecule is Cc1cc(NC(=O)C(C)(C)NC(=O)c2ccc(Br)s2)ccc1N1CCCN(C)CC1=S. The summed E-state index contributed by atoms with van der Waals surface area (Å²) < 4.78 is 0.867. The Labute approximate surface area is 201 Å². The number of hydrogen-bond acceptors (Lipinski definition) is 5. The number of halogens is 1. The van der Waals surface area contributed by atoms with Gasteiger partial charge in [-0.25, -0.2) is 0 Å². The van der Waals surface area contributed by atoms with E-state index in [1.165, 1.54) is 11.3 Å². The fourth-order valence-corrected chi connectivity index (χ4v) is 5.13. The maximum absolute atomic E-state index is 12.9. The maximum atomic E-state index is 12.9. The van der Waals surface area contributed by atoms with E-state index in [2.05, 4.69) is 43.4 Å². The van der Waals surface area contributed by atoms with Gasteiger partial charge in [0.2, 0.25) is 5.91 Å². The Morgan fingerprint density at radius 3 is 2.58 bits per heavy atom. The van der Waals surface area contributed by atoms with Gasteiger partial charge in [-0.1, -0.05) is 12.2 Å². The Bertz CT molecular complexity index is 1010. The van der Waals surface area contributed by atoms with Crippen LogP contribution in [0.4, 0.5) is 11.4 Å². The molecular formula is C22H27BrN4O2S2. The zero-order chi connectivity index (χ0) is 22.8. The Hall–Kier alpha value is -1.81. The van der Waals surface area contributed by atoms with Crippen LogP contribution in [0.5, 0.6) is 0 Å². The number of carbonyl (C=O) groups excluding carboxylic acids is 2. The molecule has 3 rings (SSSR count). The van der Waals surface area contributed by atoms with E-state index in [4.69, 9.17) is 12.2 Å². The van der Waals surface area contributed by atoms with Gasteiger partial charge in [-0.15, -0.1) is 11.3 Å². The molecule has 9 heteroatoms. The van der Waals surface area contributed by atoms with Crippen LogP contribution in [-0.2, 0) is 4.79 Å². The van der Waals surface area contributed by atoms with E-state index in [-0.39, 0.29) is 11.8 Å². The second-order valence-electron chi connectivity index (χ2n) is 8.27. The lowest BCUT2D eigenvalue weighted by molar-refractivity contribution is -0.120. The van der Waals surface area contributed by atoms with E-state index in [1.807, 2.05) is 31.2 Å². The molecule has 2 N–H and O–H groups in total. The van der Waals surface area contributed by atoms with E-state index < -0.39 is 5.54 Å². The van der Waals surface area contributed by atoms with Gasteiger partial charge in [-0.05, 0) is 92.6 Å². The number of anilines is 2. The first-order chi connectivity index (χ1) is 14.6. The van der Waals surface area contributed by atoms with Crippen LogP contribution in [0.15, 0.2) is 34.1 Å². The van der Waals surface area contributed by atoms with Crippen molar-refractivity contribution in [3.05, 3.63) is 44.6 Å². The number of amides is 2. The van der Waals surface area contributed by atoms with Gasteiger partial charge in [-0.3, -0.25) is 14.5 Å². The molecule has 2 amide bonds. The highest BCUT2D eigenvalue weighted by Crippen LogP contribution is 2.26. The predicted octanol–water partition coefficient (Wildman–Crippen LogP) is 4.44. The van der Waals surface area contributed by atoms with Crippen LogP contribution in [0.25, 0.3) is 0 Å². The highest BCUT2D eigenvalue weighted by molar-refractivity contribution is 9.11. The fraction of sp³-hybridized carbons (Fsp3) is 0.409. The number of likely N-dealkylation sites (N-methyl/N-ethyl adjacent to an activating group) is 1. The molecule has 1 saturated heterocycles. The largest absolute Gasteiger partial charge is 0.337 e. The summed E-state index contributed by atoms with van der Waals surface area (Å²) in [6, 6.07) is 9.36. The van der Waals surface area contributed by atoms with Gasteiger partial charge >= 0.3 is 0 Å². The minimum atomic E-state index is -1.07. The molecule has 0 atom stereocenters. The van der Waals surface area contributed by atoms with Crippen molar-refractivity contribution in [2.75, 3.05) is 36.9 Å². The van der Waals surface area contributed by atoms with Crippen LogP contribution in [0.2, 0.25) is 0 Å². The summed E-state index contributed by atoms with van der Waals surface area (Å²) in [6.07, 6.45) is 1.04. The van der Waals surface area contributed by atoms with Gasteiger partial charge in [0, 0.05) is 24.5 Å². The molecule has 1 aliphatic rings. The van der Waals surface area contributed by atoms with Gasteiger partial charge in [0.25, 0.3) is 5.91 Å². The molecule has 6 nitrogen and oxygen atoms in total. The molecule has 166 valence electrons. The van der Waals surface area contributed by atoms with Crippen molar-refractivity contribution in [1.82, 2.24) is 10.2 Å². The van der Waals surface area contributed by atoms with Gasteiger partial charge in [0.1, 0.15) is 5.54 Å². The molecule has 1 aromatic heterocycles. The van der Waals surface area contributed by atoms with E-state index in [1.54, 1.807) is 19.9 Å². The van der Waals surface area contributed by atoms with Crippen molar-refractivity contribution in [2.45, 2.75) is 32.7 Å². The first-order valence-corrected chi connectivity index (χ1v) is 12.1. The van der Waals surface area contributed by atoms with E-state index in [0.29, 0.717) is 10.6 Å². The lowest BCUT2D eigenvalue weighted by Crippen LogP contribution is -2.52. The molecule has 31 heavy (non-hydrogen) atoms. The lowest BCUT2D eigenvalue weighted by Gasteiger charge is -2.27. The molecule has 0 unspecified atom stereocenters. The first-order valence-electron chi connectivity index (χ1n) is 10.1. The molecule has 2 aromatic rings. The normalized spacial score (nSPS) is 15.5. The van der Waals surface area contributed by atoms with Gasteiger partial charge in [-0.2, -0.15) is 0 Å². The summed E-state index contributed by atoms with van der Waals surface area (Å²) in [4.78, 5) is 31.2. The highest BCUT2D eigenvalue weighted by atomic mass is 79.9. The zero-order valence-electron chi connectivity index (χ0n) is 18.1. The summed E-state index contributed by atoms with van der Waals surface area (Å²) >= 11 is 10.3. The molecule has 1 aliphatic heterocycles. The Morgan fingerprint density at radius 2 is 1.94 bits per heavy atom. The number of rotatable bonds is 5. The lowest BCUT2D eigenvalue weighted by atomic mass is 10.0. The Kier molecular flexibility index (Phi) is 7.51. The van der Waals surface area contributed by atoms with Crippen molar-refractivity contribution in [3.8, 4) is 0 Å². The second-order valence-corrected chi connectivity index (χ2v) is 11.2. The summed E-state index contributed by atoms with van der Waals surface area (Å²) in [7, 11) is 2.08. The molecule has 0 radical (unpaired) electrons. The number of nitrogens with one attached hydrogen (secondary N) is 2. The molecule has 0 spiro atoms. The number of aryl methyl sites for hydroxylation is 1. The molecule has 1 aromatic carbocycles. The number of thiophene rings is 1. The fourth-order valence-electron chi connectivity index (χ4n) is 3.44. The topological polar surface area (TPSA) is 64.7 Å². The van der Waals surface area contributed by atoms with E-state index in [0.717, 1.165) is 46.1 Å². The van der Waals surface area contributed by atoms with Crippen molar-refractivity contribution in [3.63, 3.8) is 0 Å². The predicted molar refractivity (Wildman–Crippen MR) is 135 cm³/mol. The smallest absolute Gasteiger partial charge is 0.262 e. The van der Waals surface area contributed by atoms with Gasteiger partial charge in [0.15, 0.2) is 0 Å². The molecule has 0 bridgehead atoms. The van der Waals surface area contributed by atoms with E-state index >= 15 is 0 Å². The third kappa shape index (κ3) is 5.91. The summed E-state index contributed by atoms with van der Waals surface area (Å²) in [5.74, 6) is -0.558. The van der Waals surface area contributed by atoms with Crippen molar-refractivity contribution >= 4 is 67.7 Å². The zero-order valence-corrected chi connectivity index (χ0v) is 21.3. The van der Waals surface area contributed by atoms with Crippen molar-refractivity contribution in [1.29, 1.82) is 0 Å². The average molecular weight is 524 g/mol. The van der Waals surface area contributed by atoms with Crippen LogP contribution in [0.1, 0.15) is 35.5 Å². The summed E-state index contributed by atoms with van der Waals surface area (Å²) in [5, 5.41) is 5.74. The van der Waals surface area contributed by atoms with Crippen LogP contribution < -0.4 is 15.5 Å². The summed E-state index contributed by atoms with van der Waals surface area (Å²) in [5.41, 5.74) is 1.71. The second kappa shape index (κ2) is 9.77. The number of nitrogens with zero attached hydrogens (tertiary/aromatic N) is 2. The average Bonchev–Trinajstić information content (AvgIpc) is 3.04. The number of benzene rings is 1. The first kappa shape index (κ1) is 23.8. The summed E-state index contributed by atoms with van der Waals surface area (Å²) in [6.45, 7) is 8.07. The minimum Gasteiger partial charge on any atom is -0.337 e. The molecule has 0 saturated carbocycles. The van der Waals surface area contributed by atoms with Gasteiger partial charge < -0.3 is 15.5 Å². The van der Waals surface area contributed by atoms with Crippen LogP contribution in [0.3, 0.4) is 0 Å². The minimum absolute atomic E-state index is 0.276.